The summed E-state index contributed by atoms with van der Waals surface area (Å²) in [5, 5.41) is 6.02. The van der Waals surface area contributed by atoms with Crippen LogP contribution in [0.4, 0.5) is 0 Å². The van der Waals surface area contributed by atoms with E-state index in [0.717, 1.165) is 18.0 Å². The molecular weight excluding hydrogens is 198 g/mol. The molecule has 0 spiro atoms. The van der Waals surface area contributed by atoms with E-state index in [-0.39, 0.29) is 11.3 Å². The molecule has 1 aromatic rings. The average Bonchev–Trinajstić information content (AvgIpc) is 2.62. The van der Waals surface area contributed by atoms with Gasteiger partial charge in [-0.05, 0) is 6.92 Å². The third-order valence-corrected chi connectivity index (χ3v) is 3.26. The van der Waals surface area contributed by atoms with Gasteiger partial charge in [-0.15, -0.1) is 11.3 Å². The Morgan fingerprint density at radius 2 is 2.57 bits per heavy atom. The molecule has 4 nitrogen and oxygen atoms in total. The van der Waals surface area contributed by atoms with Crippen LogP contribution in [0.2, 0.25) is 0 Å². The van der Waals surface area contributed by atoms with Crippen molar-refractivity contribution in [2.75, 3.05) is 13.1 Å². The van der Waals surface area contributed by atoms with Crippen LogP contribution >= 0.6 is 11.3 Å². The first-order valence-corrected chi connectivity index (χ1v) is 5.45. The van der Waals surface area contributed by atoms with Gasteiger partial charge in [-0.25, -0.2) is 0 Å². The molecule has 1 aliphatic rings. The number of thiazole rings is 1. The Bertz CT molecular complexity index is 319. The molecule has 1 saturated heterocycles. The minimum Gasteiger partial charge on any atom is -0.351 e. The molecule has 0 unspecified atom stereocenters. The smallest absolute Gasteiger partial charge is 0.228 e. The van der Waals surface area contributed by atoms with Crippen molar-refractivity contribution in [1.29, 1.82) is 0 Å². The lowest BCUT2D eigenvalue weighted by molar-refractivity contribution is -0.132. The first-order chi connectivity index (χ1) is 6.71. The van der Waals surface area contributed by atoms with Gasteiger partial charge in [-0.2, -0.15) is 0 Å². The fraction of sp³-hybridized carbons (Fsp3) is 0.556. The van der Waals surface area contributed by atoms with Gasteiger partial charge in [0.2, 0.25) is 5.91 Å². The lowest BCUT2D eigenvalue weighted by atomic mass is 9.83. The second-order valence-electron chi connectivity index (χ2n) is 3.81. The van der Waals surface area contributed by atoms with E-state index in [1.807, 2.05) is 6.92 Å². The maximum absolute atomic E-state index is 11.7. The summed E-state index contributed by atoms with van der Waals surface area (Å²) in [5.41, 5.74) is 1.57. The number of aromatic nitrogens is 1. The predicted molar refractivity (Wildman–Crippen MR) is 54.9 cm³/mol. The molecule has 5 heteroatoms. The van der Waals surface area contributed by atoms with Crippen molar-refractivity contribution in [1.82, 2.24) is 15.6 Å². The molecule has 1 aromatic heterocycles. The summed E-state index contributed by atoms with van der Waals surface area (Å²) >= 11 is 1.56. The zero-order valence-electron chi connectivity index (χ0n) is 8.04. The van der Waals surface area contributed by atoms with Crippen LogP contribution in [0.15, 0.2) is 11.7 Å². The minimum absolute atomic E-state index is 0.129. The summed E-state index contributed by atoms with van der Waals surface area (Å²) < 4.78 is 0. The molecule has 1 aliphatic heterocycles. The summed E-state index contributed by atoms with van der Waals surface area (Å²) in [4.78, 5) is 16.7. The summed E-state index contributed by atoms with van der Waals surface area (Å²) in [7, 11) is 0. The lowest BCUT2D eigenvalue weighted by Gasteiger charge is -2.37. The Labute approximate surface area is 86.7 Å². The van der Waals surface area contributed by atoms with Gasteiger partial charge in [0.05, 0.1) is 17.5 Å². The summed E-state index contributed by atoms with van der Waals surface area (Å²) in [6.07, 6.45) is 1.78. The minimum atomic E-state index is -0.204. The molecule has 1 fully saturated rings. The van der Waals surface area contributed by atoms with Crippen LogP contribution in [-0.2, 0) is 11.3 Å². The zero-order chi connectivity index (χ0) is 10.0. The van der Waals surface area contributed by atoms with E-state index < -0.39 is 0 Å². The van der Waals surface area contributed by atoms with Crippen molar-refractivity contribution >= 4 is 17.2 Å². The highest BCUT2D eigenvalue weighted by Crippen LogP contribution is 2.21. The molecule has 1 amide bonds. The van der Waals surface area contributed by atoms with E-state index in [4.69, 9.17) is 0 Å². The van der Waals surface area contributed by atoms with Gasteiger partial charge in [0.15, 0.2) is 0 Å². The van der Waals surface area contributed by atoms with Gasteiger partial charge in [-0.1, -0.05) is 0 Å². The number of nitrogens with one attached hydrogen (secondary N) is 2. The van der Waals surface area contributed by atoms with Crippen molar-refractivity contribution in [3.8, 4) is 0 Å². The fourth-order valence-corrected chi connectivity index (χ4v) is 1.91. The molecule has 0 aromatic carbocycles. The number of nitrogens with zero attached hydrogens (tertiary/aromatic N) is 1. The Morgan fingerprint density at radius 1 is 1.79 bits per heavy atom. The SMILES string of the molecule is CC1(C(=O)NCc2cncs2)CNC1. The standard InChI is InChI=1S/C9H13N3OS/c1-9(4-11-5-9)8(13)12-3-7-2-10-6-14-7/h2,6,11H,3-5H2,1H3,(H,12,13). The van der Waals surface area contributed by atoms with Crippen LogP contribution in [-0.4, -0.2) is 24.0 Å². The third-order valence-electron chi connectivity index (χ3n) is 2.49. The van der Waals surface area contributed by atoms with E-state index in [1.165, 1.54) is 0 Å². The predicted octanol–water partition coefficient (Wildman–Crippen LogP) is 0.369. The highest BCUT2D eigenvalue weighted by molar-refractivity contribution is 7.09. The molecule has 14 heavy (non-hydrogen) atoms. The molecular formula is C9H13N3OS. The number of rotatable bonds is 3. The second kappa shape index (κ2) is 3.67. The van der Waals surface area contributed by atoms with Crippen molar-refractivity contribution in [3.63, 3.8) is 0 Å². The van der Waals surface area contributed by atoms with Gasteiger partial charge < -0.3 is 10.6 Å². The normalized spacial score (nSPS) is 18.6. The Hall–Kier alpha value is -0.940. The van der Waals surface area contributed by atoms with E-state index in [2.05, 4.69) is 15.6 Å². The molecule has 0 aliphatic carbocycles. The number of carbonyl (C=O) groups is 1. The summed E-state index contributed by atoms with van der Waals surface area (Å²) in [6.45, 7) is 4.13. The molecule has 76 valence electrons. The summed E-state index contributed by atoms with van der Waals surface area (Å²) in [6, 6.07) is 0. The van der Waals surface area contributed by atoms with Crippen molar-refractivity contribution in [3.05, 3.63) is 16.6 Å². The van der Waals surface area contributed by atoms with E-state index in [1.54, 1.807) is 23.0 Å². The van der Waals surface area contributed by atoms with E-state index in [0.29, 0.717) is 6.54 Å². The Kier molecular flexibility index (Phi) is 2.52. The third kappa shape index (κ3) is 1.78. The van der Waals surface area contributed by atoms with Crippen LogP contribution in [0.25, 0.3) is 0 Å². The largest absolute Gasteiger partial charge is 0.351 e. The molecule has 0 saturated carbocycles. The van der Waals surface area contributed by atoms with Crippen molar-refractivity contribution in [2.24, 2.45) is 5.41 Å². The Morgan fingerprint density at radius 3 is 3.07 bits per heavy atom. The van der Waals surface area contributed by atoms with E-state index in [9.17, 15) is 4.79 Å². The first kappa shape index (κ1) is 9.61. The maximum Gasteiger partial charge on any atom is 0.228 e. The zero-order valence-corrected chi connectivity index (χ0v) is 8.86. The van der Waals surface area contributed by atoms with Gasteiger partial charge in [0.1, 0.15) is 0 Å². The monoisotopic (exact) mass is 211 g/mol. The quantitative estimate of drug-likeness (QED) is 0.759. The van der Waals surface area contributed by atoms with Crippen molar-refractivity contribution in [2.45, 2.75) is 13.5 Å². The van der Waals surface area contributed by atoms with Crippen LogP contribution in [0.1, 0.15) is 11.8 Å². The number of carbonyl (C=O) groups excluding carboxylic acids is 1. The highest BCUT2D eigenvalue weighted by atomic mass is 32.1. The van der Waals surface area contributed by atoms with Gasteiger partial charge in [-0.3, -0.25) is 9.78 Å². The Balaban J connectivity index is 1.84. The molecule has 0 radical (unpaired) electrons. The molecule has 2 heterocycles. The second-order valence-corrected chi connectivity index (χ2v) is 4.79. The van der Waals surface area contributed by atoms with Crippen LogP contribution in [0, 0.1) is 5.41 Å². The molecule has 0 atom stereocenters. The molecule has 0 bridgehead atoms. The first-order valence-electron chi connectivity index (χ1n) is 4.57. The van der Waals surface area contributed by atoms with Crippen LogP contribution in [0.5, 0.6) is 0 Å². The van der Waals surface area contributed by atoms with Crippen molar-refractivity contribution < 1.29 is 4.79 Å². The van der Waals surface area contributed by atoms with Crippen LogP contribution in [0.3, 0.4) is 0 Å². The topological polar surface area (TPSA) is 54.0 Å². The highest BCUT2D eigenvalue weighted by Gasteiger charge is 2.38. The summed E-state index contributed by atoms with van der Waals surface area (Å²) in [5.74, 6) is 0.129. The number of hydrogen-bond acceptors (Lipinski definition) is 4. The lowest BCUT2D eigenvalue weighted by Crippen LogP contribution is -2.59. The molecule has 2 N–H and O–H groups in total. The van der Waals surface area contributed by atoms with Gasteiger partial charge >= 0.3 is 0 Å². The van der Waals surface area contributed by atoms with E-state index >= 15 is 0 Å². The van der Waals surface area contributed by atoms with Gasteiger partial charge in [0, 0.05) is 24.2 Å². The molecule has 2 rings (SSSR count). The number of hydrogen-bond donors (Lipinski definition) is 2. The van der Waals surface area contributed by atoms with Gasteiger partial charge in [0.25, 0.3) is 0 Å². The average molecular weight is 211 g/mol. The maximum atomic E-state index is 11.7. The number of amides is 1. The fourth-order valence-electron chi connectivity index (χ4n) is 1.37. The van der Waals surface area contributed by atoms with Crippen LogP contribution < -0.4 is 10.6 Å².